The van der Waals surface area contributed by atoms with Crippen molar-refractivity contribution in [3.63, 3.8) is 0 Å². The van der Waals surface area contributed by atoms with E-state index in [1.807, 2.05) is 47.7 Å². The third-order valence-corrected chi connectivity index (χ3v) is 9.90. The normalized spacial score (nSPS) is 15.3. The van der Waals surface area contributed by atoms with Gasteiger partial charge in [-0.1, -0.05) is 93.7 Å². The van der Waals surface area contributed by atoms with Crippen LogP contribution >= 0.6 is 0 Å². The van der Waals surface area contributed by atoms with Crippen molar-refractivity contribution < 1.29 is 30.0 Å². The van der Waals surface area contributed by atoms with Crippen LogP contribution in [0.2, 0.25) is 0 Å². The van der Waals surface area contributed by atoms with Gasteiger partial charge in [0, 0.05) is 43.2 Å². The van der Waals surface area contributed by atoms with Crippen LogP contribution in [0.3, 0.4) is 0 Å². The van der Waals surface area contributed by atoms with E-state index >= 15 is 0 Å². The van der Waals surface area contributed by atoms with Crippen LogP contribution in [0.5, 0.6) is 0 Å². The van der Waals surface area contributed by atoms with Crippen molar-refractivity contribution in [3.8, 4) is 11.3 Å². The first kappa shape index (κ1) is 36.9. The largest absolute Gasteiger partial charge is 0.512 e. The summed E-state index contributed by atoms with van der Waals surface area (Å²) in [5, 5.41) is 12.4. The summed E-state index contributed by atoms with van der Waals surface area (Å²) < 4.78 is 0. The quantitative estimate of drug-likeness (QED) is 0.141. The Balaban J connectivity index is 0.000000348. The molecule has 0 bridgehead atoms. The predicted molar refractivity (Wildman–Crippen MR) is 179 cm³/mol. The van der Waals surface area contributed by atoms with Gasteiger partial charge >= 0.3 is 0 Å². The summed E-state index contributed by atoms with van der Waals surface area (Å²) in [5.74, 6) is 1.67. The van der Waals surface area contributed by atoms with E-state index in [4.69, 9.17) is 4.98 Å². The Hall–Kier alpha value is -2.29. The van der Waals surface area contributed by atoms with Gasteiger partial charge in [0.05, 0.1) is 0 Å². The number of ketones is 1. The molecule has 1 unspecified atom stereocenters. The molecular weight excluding hydrogens is 707 g/mol. The van der Waals surface area contributed by atoms with Crippen molar-refractivity contribution in [1.82, 2.24) is 4.98 Å². The number of aliphatic hydroxyl groups is 1. The molecule has 4 rings (SSSR count). The van der Waals surface area contributed by atoms with Crippen LogP contribution in [0, 0.1) is 43.6 Å². The Morgan fingerprint density at radius 3 is 2.19 bits per heavy atom. The molecular formula is C39H54IrNO2-. The van der Waals surface area contributed by atoms with Gasteiger partial charge in [0.15, 0.2) is 5.78 Å². The fourth-order valence-electron chi connectivity index (χ4n) is 5.91. The van der Waals surface area contributed by atoms with E-state index in [-0.39, 0.29) is 42.5 Å². The first-order valence-electron chi connectivity index (χ1n) is 16.1. The van der Waals surface area contributed by atoms with E-state index in [0.29, 0.717) is 5.92 Å². The fraction of sp³-hybridized carbons (Fsp3) is 0.538. The first-order chi connectivity index (χ1) is 19.7. The number of rotatable bonds is 8. The second-order valence-corrected chi connectivity index (χ2v) is 13.8. The van der Waals surface area contributed by atoms with E-state index in [1.165, 1.54) is 71.2 Å². The molecule has 0 amide bonds. The Morgan fingerprint density at radius 1 is 0.977 bits per heavy atom. The standard InChI is InChI=1S/C26H30N.C13H24O2.Ir/c1-17-14-18(2)16-22(15-17)26-25-11-10-23(20(4)24(25)12-13-27-26)19(3)21-8-6-5-7-9-21;1-7-12(3,4)10(14)9-11(15)13(5,6)8-2;/h10-15,19,21H,5-9H2,1-4H3;9,14H,7-8H2,1-6H3;/q-1;;/b;10-9-;. The number of carbonyl (C=O) groups excluding carboxylic acids is 1. The van der Waals surface area contributed by atoms with Crippen molar-refractivity contribution in [2.24, 2.45) is 16.7 Å². The number of carbonyl (C=O) groups is 1. The van der Waals surface area contributed by atoms with Gasteiger partial charge in [-0.05, 0) is 78.1 Å². The maximum atomic E-state index is 11.8. The summed E-state index contributed by atoms with van der Waals surface area (Å²) in [4.78, 5) is 16.6. The van der Waals surface area contributed by atoms with Crippen LogP contribution in [0.1, 0.15) is 122 Å². The van der Waals surface area contributed by atoms with Crippen LogP contribution in [-0.2, 0) is 24.9 Å². The minimum absolute atomic E-state index is 0. The second kappa shape index (κ2) is 15.6. The SMILES string of the molecule is CCC(C)(C)C(=O)/C=C(\O)C(C)(C)CC.Cc1[c-]c(-c2nccc3c(C)c(C(C)C4CCCCC4)ccc23)cc(C)c1.[Ir]. The molecule has 43 heavy (non-hydrogen) atoms. The van der Waals surface area contributed by atoms with Gasteiger partial charge in [-0.2, -0.15) is 0 Å². The van der Waals surface area contributed by atoms with Crippen molar-refractivity contribution in [3.05, 3.63) is 76.7 Å². The molecule has 1 atom stereocenters. The Bertz CT molecular complexity index is 1390. The van der Waals surface area contributed by atoms with Gasteiger partial charge in [-0.3, -0.25) is 4.79 Å². The van der Waals surface area contributed by atoms with Gasteiger partial charge in [0.25, 0.3) is 0 Å². The van der Waals surface area contributed by atoms with Crippen molar-refractivity contribution >= 4 is 16.6 Å². The predicted octanol–water partition coefficient (Wildman–Crippen LogP) is 11.2. The van der Waals surface area contributed by atoms with Crippen molar-refractivity contribution in [1.29, 1.82) is 0 Å². The van der Waals surface area contributed by atoms with E-state index in [9.17, 15) is 9.90 Å². The minimum atomic E-state index is -0.377. The summed E-state index contributed by atoms with van der Waals surface area (Å²) in [6.07, 6.45) is 11.9. The number of aliphatic hydroxyl groups excluding tert-OH is 1. The molecule has 2 aromatic carbocycles. The Kier molecular flexibility index (Phi) is 13.4. The van der Waals surface area contributed by atoms with Crippen molar-refractivity contribution in [2.75, 3.05) is 0 Å². The van der Waals surface area contributed by atoms with Crippen LogP contribution in [-0.4, -0.2) is 15.9 Å². The van der Waals surface area contributed by atoms with E-state index in [2.05, 4.69) is 64.1 Å². The molecule has 0 aliphatic heterocycles. The molecule has 0 spiro atoms. The maximum absolute atomic E-state index is 11.8. The summed E-state index contributed by atoms with van der Waals surface area (Å²) in [6.45, 7) is 20.6. The number of nitrogens with zero attached hydrogens (tertiary/aromatic N) is 1. The molecule has 237 valence electrons. The maximum Gasteiger partial charge on any atom is 0.164 e. The smallest absolute Gasteiger partial charge is 0.164 e. The first-order valence-corrected chi connectivity index (χ1v) is 16.1. The number of allylic oxidation sites excluding steroid dienone is 2. The number of aromatic nitrogens is 1. The molecule has 1 saturated carbocycles. The topological polar surface area (TPSA) is 50.2 Å². The Morgan fingerprint density at radius 2 is 1.60 bits per heavy atom. The number of pyridine rings is 1. The summed E-state index contributed by atoms with van der Waals surface area (Å²) in [6, 6.07) is 14.7. The Labute approximate surface area is 275 Å². The monoisotopic (exact) mass is 761 g/mol. The fourth-order valence-corrected chi connectivity index (χ4v) is 5.91. The average molecular weight is 761 g/mol. The molecule has 1 fully saturated rings. The molecule has 1 N–H and O–H groups in total. The average Bonchev–Trinajstić information content (AvgIpc) is 2.97. The number of aryl methyl sites for hydroxylation is 3. The molecule has 3 aromatic rings. The van der Waals surface area contributed by atoms with Crippen LogP contribution in [0.25, 0.3) is 22.0 Å². The van der Waals surface area contributed by atoms with E-state index in [1.54, 1.807) is 0 Å². The third kappa shape index (κ3) is 9.11. The zero-order chi connectivity index (χ0) is 31.2. The molecule has 4 heteroatoms. The molecule has 1 aliphatic rings. The summed E-state index contributed by atoms with van der Waals surface area (Å²) >= 11 is 0. The molecule has 3 nitrogen and oxygen atoms in total. The second-order valence-electron chi connectivity index (χ2n) is 13.8. The van der Waals surface area contributed by atoms with Gasteiger partial charge in [-0.25, -0.2) is 0 Å². The van der Waals surface area contributed by atoms with E-state index in [0.717, 1.165) is 30.0 Å². The molecule has 1 aromatic heterocycles. The summed E-state index contributed by atoms with van der Waals surface area (Å²) in [7, 11) is 0. The number of benzene rings is 2. The van der Waals surface area contributed by atoms with Gasteiger partial charge in [0.1, 0.15) is 5.76 Å². The minimum Gasteiger partial charge on any atom is -0.512 e. The number of hydrogen-bond acceptors (Lipinski definition) is 3. The third-order valence-electron chi connectivity index (χ3n) is 9.90. The molecule has 1 heterocycles. The van der Waals surface area contributed by atoms with Crippen LogP contribution in [0.4, 0.5) is 0 Å². The van der Waals surface area contributed by atoms with Crippen LogP contribution < -0.4 is 0 Å². The zero-order valence-corrected chi connectivity index (χ0v) is 30.7. The number of fused-ring (bicyclic) bond motifs is 1. The van der Waals surface area contributed by atoms with Gasteiger partial charge in [-0.15, -0.1) is 34.9 Å². The van der Waals surface area contributed by atoms with Crippen LogP contribution in [0.15, 0.2) is 48.4 Å². The number of hydrogen-bond donors (Lipinski definition) is 1. The van der Waals surface area contributed by atoms with E-state index < -0.39 is 0 Å². The van der Waals surface area contributed by atoms with Gasteiger partial charge in [0.2, 0.25) is 0 Å². The van der Waals surface area contributed by atoms with Gasteiger partial charge < -0.3 is 10.1 Å². The molecule has 1 radical (unpaired) electrons. The van der Waals surface area contributed by atoms with Crippen molar-refractivity contribution in [2.45, 2.75) is 120 Å². The molecule has 0 saturated heterocycles. The summed E-state index contributed by atoms with van der Waals surface area (Å²) in [5.41, 5.74) is 6.86. The zero-order valence-electron chi connectivity index (χ0n) is 28.3. The molecule has 1 aliphatic carbocycles.